The summed E-state index contributed by atoms with van der Waals surface area (Å²) in [6, 6.07) is 6.13. The number of hydrogen-bond donors (Lipinski definition) is 1. The third kappa shape index (κ3) is 1.48. The standard InChI is InChI=1S/C11H11BrN2O/c12-7-1-2-10-9(5-7)13-11-6-8(15)3-4-14(10)11/h1-2,5,8,15H,3-4,6H2. The summed E-state index contributed by atoms with van der Waals surface area (Å²) in [5, 5.41) is 9.57. The number of benzene rings is 1. The summed E-state index contributed by atoms with van der Waals surface area (Å²) < 4.78 is 3.25. The molecule has 15 heavy (non-hydrogen) atoms. The monoisotopic (exact) mass is 266 g/mol. The number of hydrogen-bond acceptors (Lipinski definition) is 2. The third-order valence-corrected chi connectivity index (χ3v) is 3.39. The summed E-state index contributed by atoms with van der Waals surface area (Å²) in [7, 11) is 0. The molecule has 2 heterocycles. The average molecular weight is 267 g/mol. The minimum absolute atomic E-state index is 0.224. The van der Waals surface area contributed by atoms with Crippen LogP contribution in [0.5, 0.6) is 0 Å². The highest BCUT2D eigenvalue weighted by Crippen LogP contribution is 2.24. The second kappa shape index (κ2) is 3.32. The number of nitrogens with zero attached hydrogens (tertiary/aromatic N) is 2. The molecule has 2 aromatic rings. The van der Waals surface area contributed by atoms with Crippen molar-refractivity contribution < 1.29 is 5.11 Å². The maximum atomic E-state index is 9.57. The van der Waals surface area contributed by atoms with Gasteiger partial charge in [0.1, 0.15) is 5.82 Å². The summed E-state index contributed by atoms with van der Waals surface area (Å²) in [6.45, 7) is 0.870. The van der Waals surface area contributed by atoms with E-state index in [1.165, 1.54) is 5.52 Å². The number of fused-ring (bicyclic) bond motifs is 3. The number of aliphatic hydroxyl groups is 1. The molecule has 1 unspecified atom stereocenters. The first-order valence-corrected chi connectivity index (χ1v) is 5.86. The van der Waals surface area contributed by atoms with Crippen LogP contribution >= 0.6 is 15.9 Å². The highest BCUT2D eigenvalue weighted by atomic mass is 79.9. The normalized spacial score (nSPS) is 20.5. The van der Waals surface area contributed by atoms with Gasteiger partial charge in [-0.15, -0.1) is 0 Å². The third-order valence-electron chi connectivity index (χ3n) is 2.89. The van der Waals surface area contributed by atoms with Gasteiger partial charge in [-0.05, 0) is 24.6 Å². The molecule has 0 saturated carbocycles. The van der Waals surface area contributed by atoms with Crippen molar-refractivity contribution in [1.82, 2.24) is 9.55 Å². The van der Waals surface area contributed by atoms with Crippen LogP contribution in [0.2, 0.25) is 0 Å². The van der Waals surface area contributed by atoms with Crippen LogP contribution in [0, 0.1) is 0 Å². The molecule has 0 spiro atoms. The molecule has 1 aliphatic rings. The number of aromatic nitrogens is 2. The molecule has 0 amide bonds. The van der Waals surface area contributed by atoms with Crippen molar-refractivity contribution in [2.45, 2.75) is 25.5 Å². The molecule has 1 aliphatic heterocycles. The largest absolute Gasteiger partial charge is 0.393 e. The fourth-order valence-electron chi connectivity index (χ4n) is 2.15. The Hall–Kier alpha value is -0.870. The number of halogens is 1. The molecular formula is C11H11BrN2O. The van der Waals surface area contributed by atoms with Gasteiger partial charge in [-0.2, -0.15) is 0 Å². The summed E-state index contributed by atoms with van der Waals surface area (Å²) in [5.74, 6) is 1.00. The van der Waals surface area contributed by atoms with Gasteiger partial charge in [0.15, 0.2) is 0 Å². The molecule has 3 rings (SSSR count). The first kappa shape index (κ1) is 9.36. The number of aryl methyl sites for hydroxylation is 1. The molecule has 0 saturated heterocycles. The predicted molar refractivity (Wildman–Crippen MR) is 61.8 cm³/mol. The molecule has 0 fully saturated rings. The molecule has 1 N–H and O–H groups in total. The van der Waals surface area contributed by atoms with Gasteiger partial charge in [-0.1, -0.05) is 15.9 Å². The van der Waals surface area contributed by atoms with Gasteiger partial charge in [-0.3, -0.25) is 0 Å². The van der Waals surface area contributed by atoms with E-state index in [2.05, 4.69) is 31.5 Å². The Morgan fingerprint density at radius 2 is 2.33 bits per heavy atom. The summed E-state index contributed by atoms with van der Waals surface area (Å²) in [5.41, 5.74) is 2.17. The maximum Gasteiger partial charge on any atom is 0.112 e. The van der Waals surface area contributed by atoms with E-state index in [1.807, 2.05) is 12.1 Å². The molecule has 0 bridgehead atoms. The summed E-state index contributed by atoms with van der Waals surface area (Å²) >= 11 is 3.44. The molecule has 1 aromatic carbocycles. The SMILES string of the molecule is OC1CCn2c(nc3cc(Br)ccc32)C1. The van der Waals surface area contributed by atoms with Crippen LogP contribution in [-0.4, -0.2) is 20.8 Å². The van der Waals surface area contributed by atoms with Crippen LogP contribution in [0.15, 0.2) is 22.7 Å². The van der Waals surface area contributed by atoms with E-state index < -0.39 is 0 Å². The lowest BCUT2D eigenvalue weighted by molar-refractivity contribution is 0.142. The van der Waals surface area contributed by atoms with E-state index in [0.717, 1.165) is 28.8 Å². The zero-order valence-electron chi connectivity index (χ0n) is 8.15. The van der Waals surface area contributed by atoms with Crippen LogP contribution in [0.4, 0.5) is 0 Å². The van der Waals surface area contributed by atoms with Crippen molar-refractivity contribution >= 4 is 27.0 Å². The van der Waals surface area contributed by atoms with Gasteiger partial charge >= 0.3 is 0 Å². The number of imidazole rings is 1. The second-order valence-corrected chi connectivity index (χ2v) is 4.88. The highest BCUT2D eigenvalue weighted by Gasteiger charge is 2.19. The van der Waals surface area contributed by atoms with Crippen LogP contribution in [-0.2, 0) is 13.0 Å². The van der Waals surface area contributed by atoms with Crippen molar-refractivity contribution in [2.75, 3.05) is 0 Å². The van der Waals surface area contributed by atoms with Gasteiger partial charge in [0.2, 0.25) is 0 Å². The van der Waals surface area contributed by atoms with E-state index in [4.69, 9.17) is 0 Å². The van der Waals surface area contributed by atoms with E-state index in [-0.39, 0.29) is 6.10 Å². The molecular weight excluding hydrogens is 256 g/mol. The van der Waals surface area contributed by atoms with Gasteiger partial charge in [0, 0.05) is 17.4 Å². The molecule has 3 nitrogen and oxygen atoms in total. The molecule has 4 heteroatoms. The summed E-state index contributed by atoms with van der Waals surface area (Å²) in [4.78, 5) is 4.54. The van der Waals surface area contributed by atoms with Gasteiger partial charge in [0.25, 0.3) is 0 Å². The first-order valence-electron chi connectivity index (χ1n) is 5.07. The van der Waals surface area contributed by atoms with E-state index >= 15 is 0 Å². The van der Waals surface area contributed by atoms with Crippen molar-refractivity contribution in [1.29, 1.82) is 0 Å². The fraction of sp³-hybridized carbons (Fsp3) is 0.364. The lowest BCUT2D eigenvalue weighted by Gasteiger charge is -2.19. The van der Waals surface area contributed by atoms with Gasteiger partial charge < -0.3 is 9.67 Å². The number of aliphatic hydroxyl groups excluding tert-OH is 1. The summed E-state index contributed by atoms with van der Waals surface area (Å²) in [6.07, 6.45) is 1.28. The topological polar surface area (TPSA) is 38.0 Å². The Balaban J connectivity index is 2.23. The zero-order chi connectivity index (χ0) is 10.4. The van der Waals surface area contributed by atoms with Crippen molar-refractivity contribution in [3.05, 3.63) is 28.5 Å². The quantitative estimate of drug-likeness (QED) is 0.793. The molecule has 1 atom stereocenters. The Kier molecular flexibility index (Phi) is 2.07. The first-order chi connectivity index (χ1) is 7.24. The van der Waals surface area contributed by atoms with Crippen LogP contribution in [0.25, 0.3) is 11.0 Å². The zero-order valence-corrected chi connectivity index (χ0v) is 9.74. The van der Waals surface area contributed by atoms with E-state index in [9.17, 15) is 5.11 Å². The smallest absolute Gasteiger partial charge is 0.112 e. The molecule has 1 aromatic heterocycles. The van der Waals surface area contributed by atoms with E-state index in [0.29, 0.717) is 6.42 Å². The molecule has 0 radical (unpaired) electrons. The number of rotatable bonds is 0. The predicted octanol–water partition coefficient (Wildman–Crippen LogP) is 2.11. The average Bonchev–Trinajstić information content (AvgIpc) is 2.53. The minimum Gasteiger partial charge on any atom is -0.393 e. The van der Waals surface area contributed by atoms with Crippen LogP contribution < -0.4 is 0 Å². The van der Waals surface area contributed by atoms with Crippen molar-refractivity contribution in [3.63, 3.8) is 0 Å². The maximum absolute atomic E-state index is 9.57. The second-order valence-electron chi connectivity index (χ2n) is 3.96. The Morgan fingerprint density at radius 3 is 3.20 bits per heavy atom. The lowest BCUT2D eigenvalue weighted by atomic mass is 10.1. The van der Waals surface area contributed by atoms with Crippen molar-refractivity contribution in [3.8, 4) is 0 Å². The van der Waals surface area contributed by atoms with Gasteiger partial charge in [-0.25, -0.2) is 4.98 Å². The van der Waals surface area contributed by atoms with Crippen LogP contribution in [0.1, 0.15) is 12.2 Å². The lowest BCUT2D eigenvalue weighted by Crippen LogP contribution is -2.23. The fourth-order valence-corrected chi connectivity index (χ4v) is 2.50. The minimum atomic E-state index is -0.224. The Labute approximate surface area is 95.9 Å². The van der Waals surface area contributed by atoms with Gasteiger partial charge in [0.05, 0.1) is 17.1 Å². The molecule has 0 aliphatic carbocycles. The Morgan fingerprint density at radius 1 is 1.47 bits per heavy atom. The van der Waals surface area contributed by atoms with Crippen LogP contribution in [0.3, 0.4) is 0 Å². The van der Waals surface area contributed by atoms with Crippen molar-refractivity contribution in [2.24, 2.45) is 0 Å². The highest BCUT2D eigenvalue weighted by molar-refractivity contribution is 9.10. The Bertz CT molecular complexity index is 521. The molecule has 78 valence electrons. The van der Waals surface area contributed by atoms with E-state index in [1.54, 1.807) is 0 Å².